The molecule has 1 aliphatic heterocycles. The van der Waals surface area contributed by atoms with E-state index in [9.17, 15) is 4.79 Å². The SMILES string of the molecule is COCCCNC(=S)N1CCC(NC(=O)NC23CC4CC(CC(C4)C2)C3)CC1. The second-order valence-electron chi connectivity index (χ2n) is 9.64. The molecule has 158 valence electrons. The number of carbonyl (C=O) groups excluding carboxylic acids is 1. The summed E-state index contributed by atoms with van der Waals surface area (Å²) >= 11 is 5.50. The van der Waals surface area contributed by atoms with Gasteiger partial charge in [-0.2, -0.15) is 0 Å². The second-order valence-corrected chi connectivity index (χ2v) is 10.0. The number of rotatable bonds is 6. The van der Waals surface area contributed by atoms with Crippen molar-refractivity contribution in [2.45, 2.75) is 69.4 Å². The van der Waals surface area contributed by atoms with Crippen molar-refractivity contribution < 1.29 is 9.53 Å². The summed E-state index contributed by atoms with van der Waals surface area (Å²) in [6.07, 6.45) is 10.7. The molecule has 0 spiro atoms. The molecule has 2 amide bonds. The Bertz CT molecular complexity index is 541. The molecule has 5 rings (SSSR count). The number of nitrogens with zero attached hydrogens (tertiary/aromatic N) is 1. The van der Waals surface area contributed by atoms with E-state index in [1.165, 1.54) is 38.5 Å². The number of methoxy groups -OCH3 is 1. The maximum Gasteiger partial charge on any atom is 0.315 e. The predicted molar refractivity (Wildman–Crippen MR) is 114 cm³/mol. The zero-order valence-electron chi connectivity index (χ0n) is 17.2. The molecule has 5 aliphatic rings. The molecule has 0 aromatic rings. The van der Waals surface area contributed by atoms with Crippen molar-refractivity contribution in [2.75, 3.05) is 33.4 Å². The van der Waals surface area contributed by atoms with Gasteiger partial charge in [0.1, 0.15) is 0 Å². The summed E-state index contributed by atoms with van der Waals surface area (Å²) in [6, 6.07) is 0.308. The van der Waals surface area contributed by atoms with Gasteiger partial charge >= 0.3 is 6.03 Å². The minimum atomic E-state index is 0.0562. The van der Waals surface area contributed by atoms with Crippen molar-refractivity contribution in [1.82, 2.24) is 20.9 Å². The van der Waals surface area contributed by atoms with E-state index in [0.29, 0.717) is 0 Å². The molecule has 0 radical (unpaired) electrons. The van der Waals surface area contributed by atoms with Gasteiger partial charge in [0.25, 0.3) is 0 Å². The van der Waals surface area contributed by atoms with Gasteiger partial charge in [0.15, 0.2) is 5.11 Å². The lowest BCUT2D eigenvalue weighted by atomic mass is 9.53. The highest BCUT2D eigenvalue weighted by molar-refractivity contribution is 7.80. The zero-order valence-corrected chi connectivity index (χ0v) is 18.0. The average molecular weight is 409 g/mol. The number of urea groups is 1. The molecule has 28 heavy (non-hydrogen) atoms. The van der Waals surface area contributed by atoms with Crippen LogP contribution < -0.4 is 16.0 Å². The van der Waals surface area contributed by atoms with E-state index in [2.05, 4.69) is 20.9 Å². The van der Waals surface area contributed by atoms with Crippen molar-refractivity contribution in [3.63, 3.8) is 0 Å². The summed E-state index contributed by atoms with van der Waals surface area (Å²) in [5, 5.41) is 10.8. The van der Waals surface area contributed by atoms with E-state index in [1.54, 1.807) is 7.11 Å². The quantitative estimate of drug-likeness (QED) is 0.466. The van der Waals surface area contributed by atoms with E-state index in [-0.39, 0.29) is 17.6 Å². The van der Waals surface area contributed by atoms with Crippen LogP contribution in [-0.2, 0) is 4.74 Å². The van der Waals surface area contributed by atoms with Crippen molar-refractivity contribution in [3.05, 3.63) is 0 Å². The van der Waals surface area contributed by atoms with E-state index in [1.807, 2.05) is 0 Å². The number of ether oxygens (including phenoxy) is 1. The van der Waals surface area contributed by atoms with Crippen LogP contribution in [0.15, 0.2) is 0 Å². The van der Waals surface area contributed by atoms with E-state index in [4.69, 9.17) is 17.0 Å². The van der Waals surface area contributed by atoms with Gasteiger partial charge in [-0.1, -0.05) is 0 Å². The van der Waals surface area contributed by atoms with Gasteiger partial charge in [-0.3, -0.25) is 0 Å². The summed E-state index contributed by atoms with van der Waals surface area (Å²) < 4.78 is 5.06. The number of piperidine rings is 1. The molecule has 1 heterocycles. The summed E-state index contributed by atoms with van der Waals surface area (Å²) in [5.74, 6) is 2.56. The van der Waals surface area contributed by atoms with Gasteiger partial charge < -0.3 is 25.6 Å². The molecule has 3 N–H and O–H groups in total. The van der Waals surface area contributed by atoms with Crippen LogP contribution in [0.3, 0.4) is 0 Å². The van der Waals surface area contributed by atoms with Crippen LogP contribution in [0.4, 0.5) is 4.79 Å². The van der Waals surface area contributed by atoms with E-state index >= 15 is 0 Å². The highest BCUT2D eigenvalue weighted by atomic mass is 32.1. The summed E-state index contributed by atoms with van der Waals surface area (Å²) in [5.41, 5.74) is 0.0905. The molecule has 1 saturated heterocycles. The lowest BCUT2D eigenvalue weighted by Crippen LogP contribution is -2.62. The first-order chi connectivity index (χ1) is 13.5. The molecule has 4 saturated carbocycles. The molecule has 7 heteroatoms. The lowest BCUT2D eigenvalue weighted by Gasteiger charge is -2.56. The highest BCUT2D eigenvalue weighted by Crippen LogP contribution is 2.55. The van der Waals surface area contributed by atoms with Gasteiger partial charge in [0.05, 0.1) is 0 Å². The first kappa shape index (κ1) is 20.2. The molecule has 0 aromatic carbocycles. The molecule has 0 aromatic heterocycles. The van der Waals surface area contributed by atoms with Gasteiger partial charge in [-0.25, -0.2) is 4.79 Å². The minimum Gasteiger partial charge on any atom is -0.385 e. The largest absolute Gasteiger partial charge is 0.385 e. The van der Waals surface area contributed by atoms with Gasteiger partial charge in [0, 0.05) is 44.9 Å². The van der Waals surface area contributed by atoms with Crippen LogP contribution in [0.25, 0.3) is 0 Å². The van der Waals surface area contributed by atoms with Crippen LogP contribution in [-0.4, -0.2) is 61.0 Å². The molecular formula is C21H36N4O2S. The standard InChI is InChI=1S/C21H36N4O2S/c1-27-8-2-5-22-20(28)25-6-3-18(4-7-25)23-19(26)24-21-12-15-9-16(13-21)11-17(10-15)14-21/h15-18H,2-14H2,1H3,(H,22,28)(H2,23,24,26). The van der Waals surface area contributed by atoms with Crippen molar-refractivity contribution >= 4 is 23.4 Å². The number of carbonyl (C=O) groups is 1. The summed E-state index contributed by atoms with van der Waals surface area (Å²) in [7, 11) is 1.72. The maximum absolute atomic E-state index is 12.7. The number of hydrogen-bond donors (Lipinski definition) is 3. The van der Waals surface area contributed by atoms with Crippen molar-refractivity contribution in [3.8, 4) is 0 Å². The zero-order chi connectivity index (χ0) is 19.6. The predicted octanol–water partition coefficient (Wildman–Crippen LogP) is 2.63. The first-order valence-electron chi connectivity index (χ1n) is 11.2. The van der Waals surface area contributed by atoms with Gasteiger partial charge in [0.2, 0.25) is 0 Å². The molecule has 4 bridgehead atoms. The Balaban J connectivity index is 1.18. The third-order valence-electron chi connectivity index (χ3n) is 7.34. The van der Waals surface area contributed by atoms with Crippen LogP contribution in [0.2, 0.25) is 0 Å². The summed E-state index contributed by atoms with van der Waals surface area (Å²) in [4.78, 5) is 14.9. The maximum atomic E-state index is 12.7. The number of nitrogens with one attached hydrogen (secondary N) is 3. The fourth-order valence-electron chi connectivity index (χ4n) is 6.48. The third kappa shape index (κ3) is 4.73. The number of likely N-dealkylation sites (tertiary alicyclic amines) is 1. The van der Waals surface area contributed by atoms with Crippen molar-refractivity contribution in [2.24, 2.45) is 17.8 Å². The average Bonchev–Trinajstić information content (AvgIpc) is 2.64. The normalized spacial score (nSPS) is 34.3. The Labute approximate surface area is 174 Å². The van der Waals surface area contributed by atoms with Crippen LogP contribution in [0.1, 0.15) is 57.8 Å². The Morgan fingerprint density at radius 2 is 1.71 bits per heavy atom. The van der Waals surface area contributed by atoms with Crippen LogP contribution >= 0.6 is 12.2 Å². The number of amides is 2. The van der Waals surface area contributed by atoms with E-state index < -0.39 is 0 Å². The molecule has 0 unspecified atom stereocenters. The monoisotopic (exact) mass is 408 g/mol. The molecule has 4 aliphatic carbocycles. The Morgan fingerprint density at radius 3 is 2.29 bits per heavy atom. The topological polar surface area (TPSA) is 65.6 Å². The molecular weight excluding hydrogens is 372 g/mol. The van der Waals surface area contributed by atoms with Gasteiger partial charge in [-0.15, -0.1) is 0 Å². The van der Waals surface area contributed by atoms with Crippen LogP contribution in [0.5, 0.6) is 0 Å². The Kier molecular flexibility index (Phi) is 6.30. The van der Waals surface area contributed by atoms with Gasteiger partial charge in [-0.05, 0) is 87.8 Å². The molecule has 6 nitrogen and oxygen atoms in total. The lowest BCUT2D eigenvalue weighted by molar-refractivity contribution is -0.0137. The van der Waals surface area contributed by atoms with Crippen molar-refractivity contribution in [1.29, 1.82) is 0 Å². The number of hydrogen-bond acceptors (Lipinski definition) is 3. The Hall–Kier alpha value is -1.08. The molecule has 0 atom stereocenters. The van der Waals surface area contributed by atoms with Crippen LogP contribution in [0, 0.1) is 17.8 Å². The smallest absolute Gasteiger partial charge is 0.315 e. The first-order valence-corrected chi connectivity index (χ1v) is 11.6. The fourth-order valence-corrected chi connectivity index (χ4v) is 6.76. The number of thiocarbonyl (C=S) groups is 1. The Morgan fingerprint density at radius 1 is 1.11 bits per heavy atom. The molecule has 5 fully saturated rings. The fraction of sp³-hybridized carbons (Fsp3) is 0.905. The minimum absolute atomic E-state index is 0.0562. The second kappa shape index (κ2) is 8.74. The highest BCUT2D eigenvalue weighted by Gasteiger charge is 2.51. The third-order valence-corrected chi connectivity index (χ3v) is 7.74. The summed E-state index contributed by atoms with van der Waals surface area (Å²) in [6.45, 7) is 3.40. The van der Waals surface area contributed by atoms with E-state index in [0.717, 1.165) is 68.4 Å².